The van der Waals surface area contributed by atoms with E-state index in [0.717, 1.165) is 92.9 Å². The Labute approximate surface area is 349 Å². The Morgan fingerprint density at radius 2 is 1.70 bits per heavy atom. The second-order valence-corrected chi connectivity index (χ2v) is 15.8. The van der Waals surface area contributed by atoms with Crippen molar-refractivity contribution in [3.05, 3.63) is 102 Å². The average Bonchev–Trinajstić information content (AvgIpc) is 3.90. The molecule has 6 rings (SSSR count). The van der Waals surface area contributed by atoms with Crippen molar-refractivity contribution >= 4 is 64.7 Å². The number of carbonyl (C=O) groups is 2. The first-order valence-electron chi connectivity index (χ1n) is 20.3. The molecule has 0 saturated carbocycles. The number of ether oxygens (including phenoxy) is 2. The van der Waals surface area contributed by atoms with E-state index in [4.69, 9.17) is 29.7 Å². The van der Waals surface area contributed by atoms with Gasteiger partial charge in [0.15, 0.2) is 5.78 Å². The number of Topliss-reactive ketones (excluding diaryl/α,β-unsaturated/α-hetero) is 1. The van der Waals surface area contributed by atoms with E-state index in [2.05, 4.69) is 67.2 Å². The van der Waals surface area contributed by atoms with E-state index in [1.165, 1.54) is 38.4 Å². The second-order valence-electron chi connectivity index (χ2n) is 15.8. The predicted octanol–water partition coefficient (Wildman–Crippen LogP) is 8.01. The molecule has 3 aromatic heterocycles. The largest absolute Gasteiger partial charge is 2.00 e. The summed E-state index contributed by atoms with van der Waals surface area (Å²) < 4.78 is 11.4. The third kappa shape index (κ3) is 8.41. The van der Waals surface area contributed by atoms with Crippen LogP contribution in [0, 0.1) is 44.4 Å². The Morgan fingerprint density at radius 1 is 0.964 bits per heavy atom. The number of rotatable bonds is 15. The summed E-state index contributed by atoms with van der Waals surface area (Å²) in [5.74, 6) is -1.31. The number of aromatic nitrogens is 3. The molecule has 0 spiro atoms. The summed E-state index contributed by atoms with van der Waals surface area (Å²) in [6, 6.07) is 0. The van der Waals surface area contributed by atoms with Crippen LogP contribution >= 0.6 is 0 Å². The molecule has 1 aliphatic carbocycles. The molecule has 5 heterocycles. The van der Waals surface area contributed by atoms with Gasteiger partial charge in [-0.2, -0.15) is 11.4 Å². The summed E-state index contributed by atoms with van der Waals surface area (Å²) in [6.07, 6.45) is 18.6. The number of allylic oxidation sites excluding steroid dienone is 3. The van der Waals surface area contributed by atoms with Crippen molar-refractivity contribution in [3.63, 3.8) is 0 Å². The average molecular weight is 767 g/mol. The molecule has 0 N–H and O–H groups in total. The van der Waals surface area contributed by atoms with Crippen molar-refractivity contribution < 1.29 is 19.1 Å². The number of ketones is 1. The van der Waals surface area contributed by atoms with E-state index in [9.17, 15) is 9.59 Å². The molecule has 1 saturated heterocycles. The summed E-state index contributed by atoms with van der Waals surface area (Å²) >= 11 is 0. The number of esters is 1. The Kier molecular flexibility index (Phi) is 14.4. The van der Waals surface area contributed by atoms with Crippen LogP contribution in [0.15, 0.2) is 29.6 Å². The van der Waals surface area contributed by atoms with Crippen LogP contribution in [0.3, 0.4) is 0 Å². The van der Waals surface area contributed by atoms with Crippen LogP contribution in [0.5, 0.6) is 0 Å². The Hall–Kier alpha value is -3.79. The van der Waals surface area contributed by atoms with E-state index in [0.29, 0.717) is 35.7 Å². The molecule has 9 heteroatoms. The number of fused-ring (bicyclic) bond motifs is 7. The van der Waals surface area contributed by atoms with Gasteiger partial charge in [0.25, 0.3) is 0 Å². The SMILES string of the molecule is C=Cc1c2[n-]c(c1C)/C=C1\[N-]/C(=C3\c4[n-]c(c(C)c4C(=O)[C@@H]3C(=O)OC)/C=c3\[n-]/c(c(C)c3CC)=C\2)[C@@H](CCCOC/C=C(\C)CCC[C@H](C)CCC)[C@@H]1C.[Mg+2]. The maximum atomic E-state index is 14.3. The number of carbonyl (C=O) groups excluding carboxylic acids is 2. The van der Waals surface area contributed by atoms with Gasteiger partial charge in [0.1, 0.15) is 5.92 Å². The van der Waals surface area contributed by atoms with Gasteiger partial charge in [0, 0.05) is 12.2 Å². The number of hydrogen-bond acceptors (Lipinski definition) is 4. The van der Waals surface area contributed by atoms with E-state index < -0.39 is 11.9 Å². The first-order chi connectivity index (χ1) is 26.4. The Bertz CT molecular complexity index is 2190. The molecule has 0 unspecified atom stereocenters. The van der Waals surface area contributed by atoms with Crippen LogP contribution in [-0.4, -0.2) is 55.1 Å². The fraction of sp³-hybridized carbons (Fsp3) is 0.489. The molecule has 3 aromatic rings. The summed E-state index contributed by atoms with van der Waals surface area (Å²) in [5, 5.41) is 6.96. The van der Waals surface area contributed by atoms with Gasteiger partial charge in [0.2, 0.25) is 0 Å². The molecule has 2 aliphatic heterocycles. The molecular formula is C47H58MgN4O4-2. The van der Waals surface area contributed by atoms with E-state index >= 15 is 0 Å². The molecule has 8 bridgehead atoms. The van der Waals surface area contributed by atoms with Crippen LogP contribution < -0.4 is 25.7 Å². The topological polar surface area (TPSA) is 109 Å². The Balaban J connectivity index is 0.00000600. The van der Waals surface area contributed by atoms with E-state index in [1.807, 2.05) is 25.2 Å². The van der Waals surface area contributed by atoms with Gasteiger partial charge in [-0.25, -0.2) is 0 Å². The van der Waals surface area contributed by atoms with Gasteiger partial charge < -0.3 is 29.7 Å². The fourth-order valence-corrected chi connectivity index (χ4v) is 8.81. The van der Waals surface area contributed by atoms with Crippen molar-refractivity contribution in [2.45, 2.75) is 107 Å². The van der Waals surface area contributed by atoms with Crippen molar-refractivity contribution in [2.75, 3.05) is 20.3 Å². The van der Waals surface area contributed by atoms with Crippen LogP contribution in [0.2, 0.25) is 0 Å². The van der Waals surface area contributed by atoms with Crippen LogP contribution in [0.25, 0.3) is 35.2 Å². The predicted molar refractivity (Wildman–Crippen MR) is 228 cm³/mol. The number of nitrogens with zero attached hydrogens (tertiary/aromatic N) is 4. The quantitative estimate of drug-likeness (QED) is 0.0507. The van der Waals surface area contributed by atoms with Crippen molar-refractivity contribution in [1.29, 1.82) is 0 Å². The van der Waals surface area contributed by atoms with Crippen molar-refractivity contribution in [3.8, 4) is 0 Å². The minimum Gasteiger partial charge on any atom is -0.664 e. The van der Waals surface area contributed by atoms with Crippen molar-refractivity contribution in [2.24, 2.45) is 23.7 Å². The zero-order valence-corrected chi connectivity index (χ0v) is 36.5. The maximum Gasteiger partial charge on any atom is 2.00 e. The van der Waals surface area contributed by atoms with Gasteiger partial charge in [-0.1, -0.05) is 117 Å². The second kappa shape index (κ2) is 18.6. The van der Waals surface area contributed by atoms with Crippen LogP contribution in [0.1, 0.15) is 141 Å². The third-order valence-electron chi connectivity index (χ3n) is 12.1. The maximum absolute atomic E-state index is 14.3. The monoisotopic (exact) mass is 766 g/mol. The molecule has 294 valence electrons. The standard InChI is InChI=1S/C47H59N4O4.Mg/c1-11-16-26(4)17-14-18-27(5)20-22-55-21-15-19-34-30(8)37-23-35-28(6)32(12-2)39(48-35)24-36-29(7)33(13-3)40(49-36)25-38-31(9)41-45(51-38)42(44(34)50-37)43(46(41)52)47(53)54-10;/h12,20,23-26,30,34,43H,2,11,13-19,21-22H2,1,3-10H3,(H-,50,51,52);/q-3;+2/p-1/b27-20+,36-24-,37-23-,40-25-;/t26-,30+,34+,43-;/m1./s1. The van der Waals surface area contributed by atoms with Crippen molar-refractivity contribution in [1.82, 2.24) is 15.0 Å². The minimum atomic E-state index is -1.12. The van der Waals surface area contributed by atoms with Gasteiger partial charge in [-0.05, 0) is 83.1 Å². The molecule has 1 fully saturated rings. The van der Waals surface area contributed by atoms with Crippen LogP contribution in [0.4, 0.5) is 0 Å². The minimum absolute atomic E-state index is 0. The Morgan fingerprint density at radius 3 is 2.39 bits per heavy atom. The molecule has 56 heavy (non-hydrogen) atoms. The summed E-state index contributed by atoms with van der Waals surface area (Å²) in [5.41, 5.74) is 11.7. The third-order valence-corrected chi connectivity index (χ3v) is 12.1. The molecule has 3 aliphatic rings. The summed E-state index contributed by atoms with van der Waals surface area (Å²) in [6.45, 7) is 22.5. The molecule has 0 aromatic carbocycles. The van der Waals surface area contributed by atoms with Crippen LogP contribution in [-0.2, 0) is 20.7 Å². The van der Waals surface area contributed by atoms with E-state index in [1.54, 1.807) is 0 Å². The first-order valence-corrected chi connectivity index (χ1v) is 20.3. The smallest absolute Gasteiger partial charge is 0.664 e. The summed E-state index contributed by atoms with van der Waals surface area (Å²) in [4.78, 5) is 43.1. The molecular weight excluding hydrogens is 709 g/mol. The number of methoxy groups -OCH3 is 1. The van der Waals surface area contributed by atoms with Gasteiger partial charge in [-0.15, -0.1) is 33.5 Å². The molecule has 0 amide bonds. The van der Waals surface area contributed by atoms with Gasteiger partial charge in [0.05, 0.1) is 13.7 Å². The molecule has 8 nitrogen and oxygen atoms in total. The normalized spacial score (nSPS) is 22.7. The zero-order valence-electron chi connectivity index (χ0n) is 35.1. The molecule has 0 radical (unpaired) electrons. The van der Waals surface area contributed by atoms with Gasteiger partial charge in [-0.3, -0.25) is 9.59 Å². The van der Waals surface area contributed by atoms with Gasteiger partial charge >= 0.3 is 29.0 Å². The fourth-order valence-electron chi connectivity index (χ4n) is 8.81. The number of hydrogen-bond donors (Lipinski definition) is 0. The first kappa shape index (κ1) is 43.3. The summed E-state index contributed by atoms with van der Waals surface area (Å²) in [7, 11) is 1.33. The van der Waals surface area contributed by atoms with E-state index in [-0.39, 0.29) is 40.7 Å². The zero-order chi connectivity index (χ0) is 39.6. The molecule has 4 atom stereocenters.